The molecule has 0 atom stereocenters. The Balaban J connectivity index is 2.57. The van der Waals surface area contributed by atoms with E-state index in [2.05, 4.69) is 0 Å². The standard InChI is InChI=1S/C12H16O3S/c1-16(14,15)11-6-3-2-5-10(11)12(9-13)7-4-8-12/h2-3,5-6,13H,4,7-9H2,1H3. The Kier molecular flexibility index (Phi) is 2.80. The molecule has 0 bridgehead atoms. The Labute approximate surface area is 96.0 Å². The van der Waals surface area contributed by atoms with Crippen molar-refractivity contribution in [2.24, 2.45) is 0 Å². The van der Waals surface area contributed by atoms with Gasteiger partial charge in [0, 0.05) is 11.7 Å². The highest BCUT2D eigenvalue weighted by molar-refractivity contribution is 7.90. The monoisotopic (exact) mass is 240 g/mol. The van der Waals surface area contributed by atoms with Gasteiger partial charge in [-0.2, -0.15) is 0 Å². The van der Waals surface area contributed by atoms with Crippen molar-refractivity contribution in [1.29, 1.82) is 0 Å². The van der Waals surface area contributed by atoms with Gasteiger partial charge >= 0.3 is 0 Å². The topological polar surface area (TPSA) is 54.4 Å². The average Bonchev–Trinajstić information content (AvgIpc) is 2.16. The molecule has 2 rings (SSSR count). The predicted molar refractivity (Wildman–Crippen MR) is 62.2 cm³/mol. The van der Waals surface area contributed by atoms with E-state index in [1.807, 2.05) is 12.1 Å². The number of benzene rings is 1. The van der Waals surface area contributed by atoms with Crippen LogP contribution in [0.4, 0.5) is 0 Å². The van der Waals surface area contributed by atoms with Gasteiger partial charge in [-0.15, -0.1) is 0 Å². The first-order valence-electron chi connectivity index (χ1n) is 5.40. The van der Waals surface area contributed by atoms with Crippen molar-refractivity contribution in [3.05, 3.63) is 29.8 Å². The summed E-state index contributed by atoms with van der Waals surface area (Å²) in [6.07, 6.45) is 4.01. The third kappa shape index (κ3) is 1.76. The highest BCUT2D eigenvalue weighted by Gasteiger charge is 2.40. The molecule has 1 aromatic carbocycles. The maximum atomic E-state index is 11.7. The van der Waals surface area contributed by atoms with Gasteiger partial charge in [0.2, 0.25) is 0 Å². The molecule has 1 N–H and O–H groups in total. The predicted octanol–water partition coefficient (Wildman–Crippen LogP) is 1.50. The lowest BCUT2D eigenvalue weighted by Crippen LogP contribution is -2.39. The molecule has 16 heavy (non-hydrogen) atoms. The summed E-state index contributed by atoms with van der Waals surface area (Å²) in [5.41, 5.74) is 0.464. The van der Waals surface area contributed by atoms with Crippen molar-refractivity contribution in [3.63, 3.8) is 0 Å². The van der Waals surface area contributed by atoms with E-state index in [-0.39, 0.29) is 12.0 Å². The van der Waals surface area contributed by atoms with Crippen molar-refractivity contribution in [2.75, 3.05) is 12.9 Å². The van der Waals surface area contributed by atoms with E-state index >= 15 is 0 Å². The first-order valence-corrected chi connectivity index (χ1v) is 7.29. The van der Waals surface area contributed by atoms with Crippen LogP contribution >= 0.6 is 0 Å². The highest BCUT2D eigenvalue weighted by atomic mass is 32.2. The Morgan fingerprint density at radius 2 is 1.94 bits per heavy atom. The summed E-state index contributed by atoms with van der Waals surface area (Å²) in [6.45, 7) is 0.0273. The van der Waals surface area contributed by atoms with Crippen LogP contribution in [-0.4, -0.2) is 26.4 Å². The van der Waals surface area contributed by atoms with Gasteiger partial charge in [0.05, 0.1) is 11.5 Å². The van der Waals surface area contributed by atoms with E-state index in [1.165, 1.54) is 6.26 Å². The first-order chi connectivity index (χ1) is 7.49. The van der Waals surface area contributed by atoms with Crippen molar-refractivity contribution in [3.8, 4) is 0 Å². The fourth-order valence-corrected chi connectivity index (χ4v) is 3.35. The second-order valence-corrected chi connectivity index (χ2v) is 6.54. The SMILES string of the molecule is CS(=O)(=O)c1ccccc1C1(CO)CCC1. The summed E-state index contributed by atoms with van der Waals surface area (Å²) in [5, 5.41) is 9.49. The summed E-state index contributed by atoms with van der Waals surface area (Å²) in [7, 11) is -3.21. The van der Waals surface area contributed by atoms with Crippen LogP contribution < -0.4 is 0 Å². The Bertz CT molecular complexity index is 481. The molecule has 1 fully saturated rings. The van der Waals surface area contributed by atoms with Crippen LogP contribution in [0.25, 0.3) is 0 Å². The number of rotatable bonds is 3. The van der Waals surface area contributed by atoms with E-state index < -0.39 is 9.84 Å². The molecule has 88 valence electrons. The average molecular weight is 240 g/mol. The summed E-state index contributed by atoms with van der Waals surface area (Å²) in [6, 6.07) is 7.01. The van der Waals surface area contributed by atoms with Gasteiger partial charge in [-0.25, -0.2) is 8.42 Å². The van der Waals surface area contributed by atoms with E-state index in [4.69, 9.17) is 0 Å². The molecule has 4 heteroatoms. The minimum atomic E-state index is -3.21. The molecule has 1 aromatic rings. The van der Waals surface area contributed by atoms with Crippen LogP contribution in [0.3, 0.4) is 0 Å². The van der Waals surface area contributed by atoms with E-state index in [1.54, 1.807) is 12.1 Å². The maximum absolute atomic E-state index is 11.7. The Morgan fingerprint density at radius 3 is 2.38 bits per heavy atom. The van der Waals surface area contributed by atoms with Crippen LogP contribution in [0.1, 0.15) is 24.8 Å². The van der Waals surface area contributed by atoms with Crippen molar-refractivity contribution in [2.45, 2.75) is 29.6 Å². The fourth-order valence-electron chi connectivity index (χ4n) is 2.34. The number of hydrogen-bond donors (Lipinski definition) is 1. The van der Waals surface area contributed by atoms with E-state index in [0.29, 0.717) is 4.90 Å². The van der Waals surface area contributed by atoms with Crippen LogP contribution in [0, 0.1) is 0 Å². The molecular formula is C12H16O3S. The quantitative estimate of drug-likeness (QED) is 0.871. The lowest BCUT2D eigenvalue weighted by Gasteiger charge is -2.41. The van der Waals surface area contributed by atoms with Crippen LogP contribution in [0.2, 0.25) is 0 Å². The fraction of sp³-hybridized carbons (Fsp3) is 0.500. The molecule has 0 unspecified atom stereocenters. The van der Waals surface area contributed by atoms with E-state index in [9.17, 15) is 13.5 Å². The number of sulfone groups is 1. The molecule has 0 saturated heterocycles. The van der Waals surface area contributed by atoms with Gasteiger partial charge in [-0.05, 0) is 24.5 Å². The van der Waals surface area contributed by atoms with Crippen molar-refractivity contribution >= 4 is 9.84 Å². The van der Waals surface area contributed by atoms with Crippen LogP contribution in [-0.2, 0) is 15.3 Å². The zero-order chi connectivity index (χ0) is 11.8. The largest absolute Gasteiger partial charge is 0.395 e. The second-order valence-electron chi connectivity index (χ2n) is 4.56. The molecule has 0 heterocycles. The Hall–Kier alpha value is -0.870. The minimum Gasteiger partial charge on any atom is -0.395 e. The lowest BCUT2D eigenvalue weighted by atomic mass is 9.65. The van der Waals surface area contributed by atoms with Crippen molar-refractivity contribution < 1.29 is 13.5 Å². The molecule has 0 amide bonds. The molecule has 3 nitrogen and oxygen atoms in total. The molecule has 0 spiro atoms. The van der Waals surface area contributed by atoms with Gasteiger partial charge in [0.15, 0.2) is 9.84 Å². The summed E-state index contributed by atoms with van der Waals surface area (Å²) < 4.78 is 23.3. The van der Waals surface area contributed by atoms with Gasteiger partial charge in [-0.1, -0.05) is 24.6 Å². The Morgan fingerprint density at radius 1 is 1.31 bits per heavy atom. The molecule has 0 aliphatic heterocycles. The maximum Gasteiger partial charge on any atom is 0.175 e. The van der Waals surface area contributed by atoms with E-state index in [0.717, 1.165) is 24.8 Å². The molecule has 1 aliphatic carbocycles. The smallest absolute Gasteiger partial charge is 0.175 e. The molecule has 1 saturated carbocycles. The minimum absolute atomic E-state index is 0.0273. The first kappa shape index (κ1) is 11.6. The number of hydrogen-bond acceptors (Lipinski definition) is 3. The third-order valence-corrected chi connectivity index (χ3v) is 4.63. The summed E-state index contributed by atoms with van der Waals surface area (Å²) >= 11 is 0. The molecule has 0 aromatic heterocycles. The summed E-state index contributed by atoms with van der Waals surface area (Å²) in [5.74, 6) is 0. The molecule has 0 radical (unpaired) electrons. The number of aliphatic hydroxyl groups is 1. The molecular weight excluding hydrogens is 224 g/mol. The second kappa shape index (κ2) is 3.86. The van der Waals surface area contributed by atoms with Crippen molar-refractivity contribution in [1.82, 2.24) is 0 Å². The molecule has 1 aliphatic rings. The normalized spacial score (nSPS) is 19.1. The van der Waals surface area contributed by atoms with Crippen LogP contribution in [0.5, 0.6) is 0 Å². The van der Waals surface area contributed by atoms with Gasteiger partial charge in [-0.3, -0.25) is 0 Å². The van der Waals surface area contributed by atoms with Gasteiger partial charge in [0.1, 0.15) is 0 Å². The highest BCUT2D eigenvalue weighted by Crippen LogP contribution is 2.45. The van der Waals surface area contributed by atoms with Crippen LogP contribution in [0.15, 0.2) is 29.2 Å². The zero-order valence-corrected chi connectivity index (χ0v) is 10.1. The van der Waals surface area contributed by atoms with Gasteiger partial charge < -0.3 is 5.11 Å². The summed E-state index contributed by atoms with van der Waals surface area (Å²) in [4.78, 5) is 0.365. The number of aliphatic hydroxyl groups excluding tert-OH is 1. The van der Waals surface area contributed by atoms with Gasteiger partial charge in [0.25, 0.3) is 0 Å². The third-order valence-electron chi connectivity index (χ3n) is 3.47. The lowest BCUT2D eigenvalue weighted by molar-refractivity contribution is 0.118. The zero-order valence-electron chi connectivity index (χ0n) is 9.31.